The van der Waals surface area contributed by atoms with Crippen LogP contribution in [0.1, 0.15) is 24.1 Å². The fourth-order valence-electron chi connectivity index (χ4n) is 3.63. The van der Waals surface area contributed by atoms with Gasteiger partial charge in [0.25, 0.3) is 0 Å². The monoisotopic (exact) mass is 236 g/mol. The van der Waals surface area contributed by atoms with Crippen molar-refractivity contribution >= 4 is 0 Å². The Hall–Kier alpha value is -1.67. The molecule has 2 heterocycles. The Labute approximate surface area is 107 Å². The number of benzene rings is 1. The lowest BCUT2D eigenvalue weighted by molar-refractivity contribution is 0.362. The largest absolute Gasteiger partial charge is 0.317 e. The molecule has 2 heteroatoms. The summed E-state index contributed by atoms with van der Waals surface area (Å²) in [6.45, 7) is 2.18. The molecule has 1 aliphatic carbocycles. The van der Waals surface area contributed by atoms with Gasteiger partial charge >= 0.3 is 0 Å². The predicted molar refractivity (Wildman–Crippen MR) is 72.6 cm³/mol. The number of fused-ring (bicyclic) bond motifs is 5. The molecule has 0 unspecified atom stereocenters. The maximum Gasteiger partial charge on any atom is 0.0588 e. The average molecular weight is 236 g/mol. The van der Waals surface area contributed by atoms with E-state index < -0.39 is 0 Å². The third-order valence-electron chi connectivity index (χ3n) is 4.45. The van der Waals surface area contributed by atoms with Crippen LogP contribution in [0.2, 0.25) is 0 Å². The highest BCUT2D eigenvalue weighted by Gasteiger charge is 2.44. The van der Waals surface area contributed by atoms with Crippen molar-refractivity contribution < 1.29 is 0 Å². The number of nitrogens with one attached hydrogen (secondary N) is 1. The van der Waals surface area contributed by atoms with E-state index in [1.54, 1.807) is 0 Å². The summed E-state index contributed by atoms with van der Waals surface area (Å²) in [7, 11) is 0. The van der Waals surface area contributed by atoms with Crippen molar-refractivity contribution in [3.63, 3.8) is 0 Å². The van der Waals surface area contributed by atoms with E-state index in [0.717, 1.165) is 25.9 Å². The first-order chi connectivity index (χ1) is 8.92. The van der Waals surface area contributed by atoms with Gasteiger partial charge in [-0.25, -0.2) is 0 Å². The zero-order valence-electron chi connectivity index (χ0n) is 10.3. The maximum atomic E-state index is 4.72. The lowest BCUT2D eigenvalue weighted by Crippen LogP contribution is -2.39. The molecule has 1 aromatic heterocycles. The number of nitrogens with zero attached hydrogens (tertiary/aromatic N) is 1. The van der Waals surface area contributed by atoms with E-state index in [0.29, 0.717) is 0 Å². The van der Waals surface area contributed by atoms with E-state index in [-0.39, 0.29) is 5.41 Å². The Morgan fingerprint density at radius 3 is 2.61 bits per heavy atom. The first-order valence-corrected chi connectivity index (χ1v) is 6.68. The normalized spacial score (nSPS) is 19.6. The molecule has 1 saturated heterocycles. The third kappa shape index (κ3) is 1.19. The summed E-state index contributed by atoms with van der Waals surface area (Å²) in [4.78, 5) is 4.72. The minimum atomic E-state index is 0.165. The Morgan fingerprint density at radius 1 is 0.944 bits per heavy atom. The minimum absolute atomic E-state index is 0.165. The van der Waals surface area contributed by atoms with Crippen LogP contribution < -0.4 is 5.32 Å². The first-order valence-electron chi connectivity index (χ1n) is 6.68. The van der Waals surface area contributed by atoms with Crippen molar-refractivity contribution in [2.45, 2.75) is 18.3 Å². The van der Waals surface area contributed by atoms with E-state index in [1.807, 2.05) is 6.20 Å². The summed E-state index contributed by atoms with van der Waals surface area (Å²) in [6.07, 6.45) is 4.26. The molecule has 0 saturated carbocycles. The standard InChI is InChI=1S/C16H16N2/c1-2-6-14-12(4-1)13-5-3-9-18-15(13)16(14)7-10-17-11-8-16/h1-6,9,17H,7-8,10-11H2. The highest BCUT2D eigenvalue weighted by atomic mass is 14.9. The van der Waals surface area contributed by atoms with Crippen molar-refractivity contribution in [3.8, 4) is 11.1 Å². The summed E-state index contributed by atoms with van der Waals surface area (Å²) in [5.74, 6) is 0. The molecule has 0 amide bonds. The lowest BCUT2D eigenvalue weighted by atomic mass is 9.73. The third-order valence-corrected chi connectivity index (χ3v) is 4.45. The van der Waals surface area contributed by atoms with Gasteiger partial charge < -0.3 is 5.32 Å². The summed E-state index contributed by atoms with van der Waals surface area (Å²) in [5, 5.41) is 3.47. The first kappa shape index (κ1) is 10.3. The number of pyridine rings is 1. The van der Waals surface area contributed by atoms with Crippen molar-refractivity contribution in [1.29, 1.82) is 0 Å². The van der Waals surface area contributed by atoms with E-state index in [4.69, 9.17) is 4.98 Å². The van der Waals surface area contributed by atoms with Gasteiger partial charge in [-0.3, -0.25) is 4.98 Å². The number of hydrogen-bond acceptors (Lipinski definition) is 2. The van der Waals surface area contributed by atoms with Crippen LogP contribution in [0.3, 0.4) is 0 Å². The predicted octanol–water partition coefficient (Wildman–Crippen LogP) is 2.73. The quantitative estimate of drug-likeness (QED) is 0.760. The molecule has 1 fully saturated rings. The van der Waals surface area contributed by atoms with Crippen LogP contribution in [-0.2, 0) is 5.41 Å². The van der Waals surface area contributed by atoms with Crippen LogP contribution in [0, 0.1) is 0 Å². The molecular formula is C16H16N2. The SMILES string of the molecule is c1ccc2c(c1)-c1cccnc1C21CCNCC1. The minimum Gasteiger partial charge on any atom is -0.317 e. The molecule has 0 bridgehead atoms. The van der Waals surface area contributed by atoms with Crippen LogP contribution >= 0.6 is 0 Å². The second kappa shape index (κ2) is 3.66. The smallest absolute Gasteiger partial charge is 0.0588 e. The number of rotatable bonds is 0. The summed E-state index contributed by atoms with van der Waals surface area (Å²) in [6, 6.07) is 13.1. The topological polar surface area (TPSA) is 24.9 Å². The van der Waals surface area contributed by atoms with Gasteiger partial charge in [0.15, 0.2) is 0 Å². The molecule has 1 N–H and O–H groups in total. The molecule has 0 radical (unpaired) electrons. The second-order valence-corrected chi connectivity index (χ2v) is 5.28. The molecule has 2 aliphatic rings. The van der Waals surface area contributed by atoms with E-state index in [2.05, 4.69) is 41.7 Å². The van der Waals surface area contributed by atoms with Crippen molar-refractivity contribution in [2.75, 3.05) is 13.1 Å². The molecule has 1 spiro atoms. The van der Waals surface area contributed by atoms with Gasteiger partial charge in [0.05, 0.1) is 5.69 Å². The Bertz CT molecular complexity index is 550. The Morgan fingerprint density at radius 2 is 1.72 bits per heavy atom. The Kier molecular flexibility index (Phi) is 2.09. The molecule has 0 atom stereocenters. The van der Waals surface area contributed by atoms with Gasteiger partial charge in [-0.15, -0.1) is 0 Å². The fourth-order valence-corrected chi connectivity index (χ4v) is 3.63. The van der Waals surface area contributed by atoms with Gasteiger partial charge in [0.2, 0.25) is 0 Å². The number of aromatic nitrogens is 1. The number of piperidine rings is 1. The summed E-state index contributed by atoms with van der Waals surface area (Å²) < 4.78 is 0. The fraction of sp³-hybridized carbons (Fsp3) is 0.312. The zero-order chi connectivity index (χ0) is 12.0. The lowest BCUT2D eigenvalue weighted by Gasteiger charge is -2.35. The van der Waals surface area contributed by atoms with Crippen LogP contribution in [0.5, 0.6) is 0 Å². The van der Waals surface area contributed by atoms with E-state index in [1.165, 1.54) is 22.4 Å². The zero-order valence-corrected chi connectivity index (χ0v) is 10.3. The van der Waals surface area contributed by atoms with Crippen molar-refractivity contribution in [1.82, 2.24) is 10.3 Å². The molecule has 90 valence electrons. The van der Waals surface area contributed by atoms with E-state index >= 15 is 0 Å². The van der Waals surface area contributed by atoms with E-state index in [9.17, 15) is 0 Å². The molecule has 2 aromatic rings. The molecule has 1 aliphatic heterocycles. The van der Waals surface area contributed by atoms with Gasteiger partial charge in [-0.1, -0.05) is 30.3 Å². The van der Waals surface area contributed by atoms with Gasteiger partial charge in [0, 0.05) is 17.2 Å². The molecule has 18 heavy (non-hydrogen) atoms. The molecule has 1 aromatic carbocycles. The van der Waals surface area contributed by atoms with Crippen LogP contribution in [0.25, 0.3) is 11.1 Å². The summed E-state index contributed by atoms with van der Waals surface area (Å²) in [5.41, 5.74) is 5.68. The molecule has 2 nitrogen and oxygen atoms in total. The van der Waals surface area contributed by atoms with Crippen LogP contribution in [0.15, 0.2) is 42.6 Å². The average Bonchev–Trinajstić information content (AvgIpc) is 2.72. The Balaban J connectivity index is 2.03. The highest BCUT2D eigenvalue weighted by molar-refractivity contribution is 5.79. The van der Waals surface area contributed by atoms with Crippen LogP contribution in [0.4, 0.5) is 0 Å². The van der Waals surface area contributed by atoms with Crippen molar-refractivity contribution in [3.05, 3.63) is 53.9 Å². The molecular weight excluding hydrogens is 220 g/mol. The van der Waals surface area contributed by atoms with Gasteiger partial charge in [-0.05, 0) is 43.1 Å². The highest BCUT2D eigenvalue weighted by Crippen LogP contribution is 2.51. The van der Waals surface area contributed by atoms with Gasteiger partial charge in [-0.2, -0.15) is 0 Å². The van der Waals surface area contributed by atoms with Crippen LogP contribution in [-0.4, -0.2) is 18.1 Å². The maximum absolute atomic E-state index is 4.72. The molecule has 4 rings (SSSR count). The second-order valence-electron chi connectivity index (χ2n) is 5.28. The number of hydrogen-bond donors (Lipinski definition) is 1. The van der Waals surface area contributed by atoms with Gasteiger partial charge in [0.1, 0.15) is 0 Å². The summed E-state index contributed by atoms with van der Waals surface area (Å²) >= 11 is 0. The van der Waals surface area contributed by atoms with Crippen molar-refractivity contribution in [2.24, 2.45) is 0 Å².